The number of alkyl halides is 4. The Hall–Kier alpha value is -1.20. The van der Waals surface area contributed by atoms with Crippen LogP contribution in [-0.2, 0) is 0 Å². The quantitative estimate of drug-likeness (QED) is 0.802. The number of hydrogen-bond acceptors (Lipinski definition) is 4. The first-order valence-electron chi connectivity index (χ1n) is 5.67. The Morgan fingerprint density at radius 1 is 1.37 bits per heavy atom. The number of nitrogens with zero attached hydrogens (tertiary/aromatic N) is 3. The molecule has 0 spiro atoms. The van der Waals surface area contributed by atoms with Crippen molar-refractivity contribution in [3.63, 3.8) is 0 Å². The minimum Gasteiger partial charge on any atom is -0.283 e. The van der Waals surface area contributed by atoms with Crippen LogP contribution in [0.4, 0.5) is 17.6 Å². The third-order valence-electron chi connectivity index (χ3n) is 3.10. The molecule has 1 fully saturated rings. The van der Waals surface area contributed by atoms with Crippen molar-refractivity contribution in [1.82, 2.24) is 9.88 Å². The van der Waals surface area contributed by atoms with Crippen molar-refractivity contribution < 1.29 is 17.6 Å². The van der Waals surface area contributed by atoms with Gasteiger partial charge in [-0.25, -0.2) is 22.5 Å². The second-order valence-electron chi connectivity index (χ2n) is 4.33. The van der Waals surface area contributed by atoms with E-state index in [2.05, 4.69) is 4.98 Å². The average Bonchev–Trinajstić information content (AvgIpc) is 2.81. The lowest BCUT2D eigenvalue weighted by Crippen LogP contribution is -2.41. The Morgan fingerprint density at radius 3 is 2.53 bits per heavy atom. The van der Waals surface area contributed by atoms with E-state index in [0.29, 0.717) is 0 Å². The predicted octanol–water partition coefficient (Wildman–Crippen LogP) is 3.38. The molecule has 0 amide bonds. The van der Waals surface area contributed by atoms with Crippen molar-refractivity contribution in [2.24, 2.45) is 0 Å². The first kappa shape index (κ1) is 14.2. The molecule has 1 aromatic rings. The fourth-order valence-corrected chi connectivity index (χ4v) is 2.92. The van der Waals surface area contributed by atoms with E-state index in [-0.39, 0.29) is 30.8 Å². The maximum Gasteiger partial charge on any atom is 0.281 e. The molecule has 1 atom stereocenters. The van der Waals surface area contributed by atoms with Gasteiger partial charge in [-0.3, -0.25) is 4.90 Å². The molecule has 0 radical (unpaired) electrons. The zero-order valence-corrected chi connectivity index (χ0v) is 10.6. The number of aromatic nitrogens is 1. The standard InChI is InChI=1S/C11H11F4N3S/c12-10(13)8-9(19-6-17-8)7(5-16)18-3-1-11(14,15)2-4-18/h6-7,10H,1-4H2. The van der Waals surface area contributed by atoms with E-state index >= 15 is 0 Å². The van der Waals surface area contributed by atoms with Gasteiger partial charge < -0.3 is 0 Å². The molecule has 104 valence electrons. The highest BCUT2D eigenvalue weighted by molar-refractivity contribution is 7.09. The second kappa shape index (κ2) is 5.43. The molecule has 1 unspecified atom stereocenters. The molecule has 1 aliphatic heterocycles. The summed E-state index contributed by atoms with van der Waals surface area (Å²) in [6.45, 7) is 0.0393. The Balaban J connectivity index is 2.17. The number of rotatable bonds is 3. The van der Waals surface area contributed by atoms with Crippen LogP contribution in [0.5, 0.6) is 0 Å². The first-order chi connectivity index (χ1) is 8.94. The van der Waals surface area contributed by atoms with Crippen LogP contribution in [0.3, 0.4) is 0 Å². The highest BCUT2D eigenvalue weighted by atomic mass is 32.1. The molecule has 0 saturated carbocycles. The van der Waals surface area contributed by atoms with Gasteiger partial charge in [0.1, 0.15) is 11.7 Å². The molecule has 1 aliphatic rings. The number of halogens is 4. The third kappa shape index (κ3) is 3.04. The summed E-state index contributed by atoms with van der Waals surface area (Å²) in [6.07, 6.45) is -3.47. The molecule has 0 aromatic carbocycles. The fraction of sp³-hybridized carbons (Fsp3) is 0.636. The Bertz CT molecular complexity index is 473. The smallest absolute Gasteiger partial charge is 0.281 e. The molecule has 1 aromatic heterocycles. The van der Waals surface area contributed by atoms with Crippen molar-refractivity contribution >= 4 is 11.3 Å². The lowest BCUT2D eigenvalue weighted by molar-refractivity contribution is -0.0594. The number of nitriles is 1. The molecule has 0 aliphatic carbocycles. The largest absolute Gasteiger partial charge is 0.283 e. The summed E-state index contributed by atoms with van der Waals surface area (Å²) in [7, 11) is 0. The van der Waals surface area contributed by atoms with Crippen LogP contribution in [0.1, 0.15) is 35.9 Å². The number of hydrogen-bond donors (Lipinski definition) is 0. The predicted molar refractivity (Wildman–Crippen MR) is 61.2 cm³/mol. The van der Waals surface area contributed by atoms with Gasteiger partial charge in [0.2, 0.25) is 0 Å². The van der Waals surface area contributed by atoms with Gasteiger partial charge in [-0.2, -0.15) is 5.26 Å². The summed E-state index contributed by atoms with van der Waals surface area (Å²) in [5.41, 5.74) is 0.827. The maximum atomic E-state index is 13.1. The van der Waals surface area contributed by atoms with E-state index in [9.17, 15) is 17.6 Å². The van der Waals surface area contributed by atoms with E-state index in [1.54, 1.807) is 0 Å². The van der Waals surface area contributed by atoms with Crippen LogP contribution >= 0.6 is 11.3 Å². The van der Waals surface area contributed by atoms with Gasteiger partial charge in [-0.05, 0) is 0 Å². The maximum absolute atomic E-state index is 13.1. The van der Waals surface area contributed by atoms with E-state index in [0.717, 1.165) is 11.3 Å². The summed E-state index contributed by atoms with van der Waals surface area (Å²) >= 11 is 0.961. The molecular weight excluding hydrogens is 282 g/mol. The van der Waals surface area contributed by atoms with E-state index in [4.69, 9.17) is 5.26 Å². The molecule has 2 heterocycles. The van der Waals surface area contributed by atoms with Crippen LogP contribution in [-0.4, -0.2) is 28.9 Å². The van der Waals surface area contributed by atoms with Crippen LogP contribution < -0.4 is 0 Å². The van der Waals surface area contributed by atoms with E-state index in [1.807, 2.05) is 6.07 Å². The average molecular weight is 293 g/mol. The summed E-state index contributed by atoms with van der Waals surface area (Å²) in [4.78, 5) is 5.22. The zero-order valence-electron chi connectivity index (χ0n) is 9.82. The molecule has 2 rings (SSSR count). The van der Waals surface area contributed by atoms with Gasteiger partial charge in [-0.15, -0.1) is 11.3 Å². The van der Waals surface area contributed by atoms with Gasteiger partial charge >= 0.3 is 0 Å². The van der Waals surface area contributed by atoms with Crippen molar-refractivity contribution in [3.05, 3.63) is 16.1 Å². The normalized spacial score (nSPS) is 21.3. The van der Waals surface area contributed by atoms with E-state index < -0.39 is 24.1 Å². The van der Waals surface area contributed by atoms with E-state index in [1.165, 1.54) is 10.4 Å². The third-order valence-corrected chi connectivity index (χ3v) is 3.99. The summed E-state index contributed by atoms with van der Waals surface area (Å²) in [6, 6.07) is 0.991. The first-order valence-corrected chi connectivity index (χ1v) is 6.55. The van der Waals surface area contributed by atoms with Crippen LogP contribution in [0.15, 0.2) is 5.51 Å². The topological polar surface area (TPSA) is 39.9 Å². The molecule has 19 heavy (non-hydrogen) atoms. The molecule has 3 nitrogen and oxygen atoms in total. The molecule has 8 heteroatoms. The van der Waals surface area contributed by atoms with Crippen molar-refractivity contribution in [2.75, 3.05) is 13.1 Å². The Morgan fingerprint density at radius 2 is 2.00 bits per heavy atom. The SMILES string of the molecule is N#CC(c1scnc1C(F)F)N1CCC(F)(F)CC1. The van der Waals surface area contributed by atoms with Gasteiger partial charge in [0.25, 0.3) is 12.3 Å². The highest BCUT2D eigenvalue weighted by Crippen LogP contribution is 2.36. The lowest BCUT2D eigenvalue weighted by Gasteiger charge is -2.34. The Labute approximate surface area is 111 Å². The summed E-state index contributed by atoms with van der Waals surface area (Å²) in [5, 5.41) is 9.14. The highest BCUT2D eigenvalue weighted by Gasteiger charge is 2.38. The Kier molecular flexibility index (Phi) is 4.06. The van der Waals surface area contributed by atoms with Crippen LogP contribution in [0, 0.1) is 11.3 Å². The fourth-order valence-electron chi connectivity index (χ4n) is 2.05. The molecule has 0 N–H and O–H groups in total. The molecule has 1 saturated heterocycles. The van der Waals surface area contributed by atoms with Crippen molar-refractivity contribution in [2.45, 2.75) is 31.2 Å². The summed E-state index contributed by atoms with van der Waals surface area (Å²) in [5.74, 6) is -2.73. The summed E-state index contributed by atoms with van der Waals surface area (Å²) < 4.78 is 51.6. The number of likely N-dealkylation sites (tertiary alicyclic amines) is 1. The zero-order chi connectivity index (χ0) is 14.0. The minimum absolute atomic E-state index is 0.0196. The second-order valence-corrected chi connectivity index (χ2v) is 5.21. The van der Waals surface area contributed by atoms with Gasteiger partial charge in [0.05, 0.1) is 16.5 Å². The van der Waals surface area contributed by atoms with Gasteiger partial charge in [-0.1, -0.05) is 0 Å². The lowest BCUT2D eigenvalue weighted by atomic mass is 10.0. The van der Waals surface area contributed by atoms with Crippen molar-refractivity contribution in [1.29, 1.82) is 5.26 Å². The van der Waals surface area contributed by atoms with Gasteiger partial charge in [0.15, 0.2) is 0 Å². The number of thiazole rings is 1. The number of piperidine rings is 1. The minimum atomic E-state index is -2.76. The van der Waals surface area contributed by atoms with Crippen LogP contribution in [0.25, 0.3) is 0 Å². The molecule has 0 bridgehead atoms. The van der Waals surface area contributed by atoms with Crippen LogP contribution in [0.2, 0.25) is 0 Å². The monoisotopic (exact) mass is 293 g/mol. The molecular formula is C11H11F4N3S. The van der Waals surface area contributed by atoms with Gasteiger partial charge in [0, 0.05) is 25.9 Å². The van der Waals surface area contributed by atoms with Crippen molar-refractivity contribution in [3.8, 4) is 6.07 Å².